The van der Waals surface area contributed by atoms with Gasteiger partial charge in [0.05, 0.1) is 6.54 Å². The van der Waals surface area contributed by atoms with Crippen molar-refractivity contribution in [3.05, 3.63) is 0 Å². The smallest absolute Gasteiger partial charge is 0.317 e. The first-order valence-electron chi connectivity index (χ1n) is 6.39. The molecule has 1 aliphatic heterocycles. The van der Waals surface area contributed by atoms with Crippen LogP contribution in [-0.4, -0.2) is 60.1 Å². The molecular weight excluding hydrogens is 204 g/mol. The lowest BCUT2D eigenvalue weighted by Crippen LogP contribution is -2.34. The van der Waals surface area contributed by atoms with Crippen molar-refractivity contribution in [3.63, 3.8) is 0 Å². The molecule has 0 aromatic rings. The van der Waals surface area contributed by atoms with E-state index >= 15 is 0 Å². The van der Waals surface area contributed by atoms with Crippen molar-refractivity contribution >= 4 is 5.97 Å². The Labute approximate surface area is 98.2 Å². The molecular formula is C12H24N2O2. The number of nitrogens with zero attached hydrogens (tertiary/aromatic N) is 2. The van der Waals surface area contributed by atoms with Gasteiger partial charge >= 0.3 is 5.97 Å². The Morgan fingerprint density at radius 2 is 1.44 bits per heavy atom. The Hall–Kier alpha value is -0.610. The standard InChI is InChI=1S/C12H24N2O2/c1-2-13-7-3-5-9-14(11-12(15)16)10-6-4-8-13/h2-11H2,1H3,(H,15,16). The van der Waals surface area contributed by atoms with Crippen molar-refractivity contribution in [3.8, 4) is 0 Å². The van der Waals surface area contributed by atoms with Crippen LogP contribution in [0.15, 0.2) is 0 Å². The number of carboxylic acid groups (broad SMARTS) is 1. The van der Waals surface area contributed by atoms with Gasteiger partial charge in [-0.15, -0.1) is 0 Å². The van der Waals surface area contributed by atoms with Crippen LogP contribution in [0.2, 0.25) is 0 Å². The first kappa shape index (κ1) is 13.5. The summed E-state index contributed by atoms with van der Waals surface area (Å²) in [4.78, 5) is 15.2. The third kappa shape index (κ3) is 5.47. The average Bonchev–Trinajstić information content (AvgIpc) is 2.26. The van der Waals surface area contributed by atoms with Crippen molar-refractivity contribution in [2.75, 3.05) is 39.3 Å². The van der Waals surface area contributed by atoms with Crippen LogP contribution in [0.1, 0.15) is 32.6 Å². The summed E-state index contributed by atoms with van der Waals surface area (Å²) in [6, 6.07) is 0. The van der Waals surface area contributed by atoms with E-state index in [0.29, 0.717) is 0 Å². The van der Waals surface area contributed by atoms with Gasteiger partial charge in [0, 0.05) is 0 Å². The lowest BCUT2D eigenvalue weighted by Gasteiger charge is -2.25. The largest absolute Gasteiger partial charge is 0.480 e. The van der Waals surface area contributed by atoms with Gasteiger partial charge in [0.15, 0.2) is 0 Å². The lowest BCUT2D eigenvalue weighted by molar-refractivity contribution is -0.138. The van der Waals surface area contributed by atoms with E-state index in [1.54, 1.807) is 0 Å². The molecule has 0 bridgehead atoms. The molecule has 0 radical (unpaired) electrons. The summed E-state index contributed by atoms with van der Waals surface area (Å²) in [5.41, 5.74) is 0. The SMILES string of the molecule is CCN1CCCCN(CC(=O)O)CCCC1. The highest BCUT2D eigenvalue weighted by molar-refractivity contribution is 5.69. The Kier molecular flexibility index (Phi) is 6.42. The summed E-state index contributed by atoms with van der Waals surface area (Å²) in [5, 5.41) is 8.78. The highest BCUT2D eigenvalue weighted by Gasteiger charge is 2.11. The first-order chi connectivity index (χ1) is 7.72. The second-order valence-electron chi connectivity index (χ2n) is 4.52. The lowest BCUT2D eigenvalue weighted by atomic mass is 10.2. The van der Waals surface area contributed by atoms with Crippen molar-refractivity contribution in [1.82, 2.24) is 9.80 Å². The second-order valence-corrected chi connectivity index (χ2v) is 4.52. The summed E-state index contributed by atoms with van der Waals surface area (Å²) in [6.45, 7) is 7.75. The number of carboxylic acids is 1. The molecule has 16 heavy (non-hydrogen) atoms. The van der Waals surface area contributed by atoms with E-state index in [4.69, 9.17) is 5.11 Å². The molecule has 1 N–H and O–H groups in total. The molecule has 0 aromatic carbocycles. The molecule has 0 aromatic heterocycles. The van der Waals surface area contributed by atoms with E-state index in [0.717, 1.165) is 45.6 Å². The Morgan fingerprint density at radius 3 is 1.81 bits per heavy atom. The number of hydrogen-bond acceptors (Lipinski definition) is 3. The van der Waals surface area contributed by atoms with Gasteiger partial charge in [-0.25, -0.2) is 0 Å². The fraction of sp³-hybridized carbons (Fsp3) is 0.917. The summed E-state index contributed by atoms with van der Waals surface area (Å²) < 4.78 is 0. The molecule has 0 amide bonds. The van der Waals surface area contributed by atoms with Gasteiger partial charge in [-0.2, -0.15) is 0 Å². The maximum Gasteiger partial charge on any atom is 0.317 e. The maximum atomic E-state index is 10.7. The molecule has 94 valence electrons. The number of hydrogen-bond donors (Lipinski definition) is 1. The highest BCUT2D eigenvalue weighted by Crippen LogP contribution is 2.05. The van der Waals surface area contributed by atoms with E-state index in [9.17, 15) is 4.79 Å². The maximum absolute atomic E-state index is 10.7. The van der Waals surface area contributed by atoms with E-state index in [1.165, 1.54) is 12.8 Å². The predicted octanol–water partition coefficient (Wildman–Crippen LogP) is 1.27. The second kappa shape index (κ2) is 7.63. The molecule has 4 heteroatoms. The van der Waals surface area contributed by atoms with Crippen LogP contribution >= 0.6 is 0 Å². The fourth-order valence-electron chi connectivity index (χ4n) is 2.23. The van der Waals surface area contributed by atoms with Gasteiger partial charge in [0.1, 0.15) is 0 Å². The zero-order valence-corrected chi connectivity index (χ0v) is 10.3. The van der Waals surface area contributed by atoms with Crippen LogP contribution in [0.5, 0.6) is 0 Å². The average molecular weight is 228 g/mol. The van der Waals surface area contributed by atoms with Crippen LogP contribution in [0.25, 0.3) is 0 Å². The minimum Gasteiger partial charge on any atom is -0.480 e. The molecule has 1 rings (SSSR count). The molecule has 4 nitrogen and oxygen atoms in total. The number of aliphatic carboxylic acids is 1. The van der Waals surface area contributed by atoms with E-state index < -0.39 is 5.97 Å². The highest BCUT2D eigenvalue weighted by atomic mass is 16.4. The normalized spacial score (nSPS) is 21.8. The van der Waals surface area contributed by atoms with Gasteiger partial charge in [-0.05, 0) is 58.4 Å². The summed E-state index contributed by atoms with van der Waals surface area (Å²) in [6.07, 6.45) is 4.60. The minimum absolute atomic E-state index is 0.206. The molecule has 1 aliphatic rings. The fourth-order valence-corrected chi connectivity index (χ4v) is 2.23. The van der Waals surface area contributed by atoms with Gasteiger partial charge in [0.2, 0.25) is 0 Å². The van der Waals surface area contributed by atoms with Gasteiger partial charge in [0.25, 0.3) is 0 Å². The Balaban J connectivity index is 2.32. The molecule has 1 saturated heterocycles. The van der Waals surface area contributed by atoms with Gasteiger partial charge in [-0.1, -0.05) is 6.92 Å². The van der Waals surface area contributed by atoms with Crippen LogP contribution in [0, 0.1) is 0 Å². The van der Waals surface area contributed by atoms with Crippen molar-refractivity contribution in [2.45, 2.75) is 32.6 Å². The Bertz CT molecular complexity index is 197. The quantitative estimate of drug-likeness (QED) is 0.790. The zero-order chi connectivity index (χ0) is 11.8. The molecule has 1 heterocycles. The zero-order valence-electron chi connectivity index (χ0n) is 10.3. The summed E-state index contributed by atoms with van der Waals surface area (Å²) in [7, 11) is 0. The van der Waals surface area contributed by atoms with Crippen molar-refractivity contribution < 1.29 is 9.90 Å². The van der Waals surface area contributed by atoms with Gasteiger partial charge in [-0.3, -0.25) is 9.69 Å². The van der Waals surface area contributed by atoms with Crippen LogP contribution in [0.4, 0.5) is 0 Å². The van der Waals surface area contributed by atoms with Crippen molar-refractivity contribution in [1.29, 1.82) is 0 Å². The Morgan fingerprint density at radius 1 is 1.00 bits per heavy atom. The summed E-state index contributed by atoms with van der Waals surface area (Å²) in [5.74, 6) is -0.702. The molecule has 0 atom stereocenters. The van der Waals surface area contributed by atoms with Crippen molar-refractivity contribution in [2.24, 2.45) is 0 Å². The topological polar surface area (TPSA) is 43.8 Å². The van der Waals surface area contributed by atoms with Crippen LogP contribution in [0.3, 0.4) is 0 Å². The molecule has 0 aliphatic carbocycles. The summed E-state index contributed by atoms with van der Waals surface area (Å²) >= 11 is 0. The first-order valence-corrected chi connectivity index (χ1v) is 6.39. The van der Waals surface area contributed by atoms with Crippen LogP contribution < -0.4 is 0 Å². The third-order valence-corrected chi connectivity index (χ3v) is 3.20. The minimum atomic E-state index is -0.702. The van der Waals surface area contributed by atoms with Gasteiger partial charge < -0.3 is 10.0 Å². The van der Waals surface area contributed by atoms with E-state index in [-0.39, 0.29) is 6.54 Å². The predicted molar refractivity (Wildman–Crippen MR) is 64.7 cm³/mol. The van der Waals surface area contributed by atoms with Crippen LogP contribution in [-0.2, 0) is 4.79 Å². The number of rotatable bonds is 3. The number of carbonyl (C=O) groups is 1. The monoisotopic (exact) mass is 228 g/mol. The molecule has 0 saturated carbocycles. The molecule has 0 spiro atoms. The third-order valence-electron chi connectivity index (χ3n) is 3.20. The molecule has 1 fully saturated rings. The molecule has 0 unspecified atom stereocenters. The van der Waals surface area contributed by atoms with E-state index in [2.05, 4.69) is 16.7 Å². The van der Waals surface area contributed by atoms with E-state index in [1.807, 2.05) is 0 Å².